The molecule has 1 heterocycles. The van der Waals surface area contributed by atoms with Crippen molar-refractivity contribution in [3.63, 3.8) is 0 Å². The molecular weight excluding hydrogens is 238 g/mol. The molecular formula is C15H29N3O. The Balaban J connectivity index is 1.94. The summed E-state index contributed by atoms with van der Waals surface area (Å²) in [7, 11) is 4.32. The topological polar surface area (TPSA) is 35.6 Å². The number of carbonyl (C=O) groups excluding carboxylic acids is 1. The summed E-state index contributed by atoms with van der Waals surface area (Å²) in [6.07, 6.45) is 8.33. The second kappa shape index (κ2) is 6.23. The van der Waals surface area contributed by atoms with Crippen LogP contribution in [0.4, 0.5) is 0 Å². The molecule has 1 saturated carbocycles. The first kappa shape index (κ1) is 14.8. The highest BCUT2D eigenvalue weighted by Gasteiger charge is 2.41. The Morgan fingerprint density at radius 3 is 2.63 bits per heavy atom. The molecule has 1 aliphatic heterocycles. The Bertz CT molecular complexity index is 311. The van der Waals surface area contributed by atoms with Crippen LogP contribution in [0.25, 0.3) is 0 Å². The van der Waals surface area contributed by atoms with E-state index < -0.39 is 0 Å². The monoisotopic (exact) mass is 267 g/mol. The Kier molecular flexibility index (Phi) is 4.85. The van der Waals surface area contributed by atoms with Crippen LogP contribution in [0.5, 0.6) is 0 Å². The van der Waals surface area contributed by atoms with Gasteiger partial charge in [0.15, 0.2) is 0 Å². The molecule has 1 atom stereocenters. The van der Waals surface area contributed by atoms with E-state index in [1.165, 1.54) is 25.7 Å². The first-order valence-corrected chi connectivity index (χ1v) is 7.79. The Hall–Kier alpha value is -0.610. The van der Waals surface area contributed by atoms with Crippen molar-refractivity contribution in [2.24, 2.45) is 0 Å². The fourth-order valence-electron chi connectivity index (χ4n) is 3.51. The standard InChI is InChI=1S/C15H29N3O/c1-4-5-8-13-14(19)18(12-16-13)11-15(17(2)3)9-6-7-10-15/h13,16H,4-12H2,1-3H3. The fourth-order valence-corrected chi connectivity index (χ4v) is 3.51. The van der Waals surface area contributed by atoms with Gasteiger partial charge in [0, 0.05) is 12.1 Å². The fraction of sp³-hybridized carbons (Fsp3) is 0.933. The zero-order valence-corrected chi connectivity index (χ0v) is 12.7. The molecule has 0 aromatic heterocycles. The van der Waals surface area contributed by atoms with Crippen LogP contribution in [0.1, 0.15) is 51.9 Å². The Labute approximate surface area is 117 Å². The first-order valence-electron chi connectivity index (χ1n) is 7.79. The molecule has 110 valence electrons. The average molecular weight is 267 g/mol. The van der Waals surface area contributed by atoms with E-state index in [2.05, 4.69) is 31.2 Å². The molecule has 0 spiro atoms. The number of likely N-dealkylation sites (N-methyl/N-ethyl adjacent to an activating group) is 1. The van der Waals surface area contributed by atoms with Gasteiger partial charge >= 0.3 is 0 Å². The minimum atomic E-state index is 0.0700. The second-order valence-corrected chi connectivity index (χ2v) is 6.42. The van der Waals surface area contributed by atoms with Gasteiger partial charge in [-0.15, -0.1) is 0 Å². The number of hydrogen-bond acceptors (Lipinski definition) is 3. The number of amides is 1. The van der Waals surface area contributed by atoms with Crippen LogP contribution in [0.2, 0.25) is 0 Å². The molecule has 1 saturated heterocycles. The normalized spacial score (nSPS) is 26.6. The molecule has 2 fully saturated rings. The van der Waals surface area contributed by atoms with Crippen molar-refractivity contribution in [3.05, 3.63) is 0 Å². The maximum atomic E-state index is 12.4. The molecule has 0 bridgehead atoms. The van der Waals surface area contributed by atoms with Crippen molar-refractivity contribution in [2.45, 2.75) is 63.5 Å². The minimum Gasteiger partial charge on any atom is -0.327 e. The van der Waals surface area contributed by atoms with Crippen molar-refractivity contribution in [1.29, 1.82) is 0 Å². The van der Waals surface area contributed by atoms with Crippen LogP contribution in [0.3, 0.4) is 0 Å². The van der Waals surface area contributed by atoms with Crippen molar-refractivity contribution < 1.29 is 4.79 Å². The lowest BCUT2D eigenvalue weighted by Crippen LogP contribution is -2.51. The number of rotatable bonds is 6. The summed E-state index contributed by atoms with van der Waals surface area (Å²) in [5.74, 6) is 0.321. The van der Waals surface area contributed by atoms with Crippen LogP contribution in [0.15, 0.2) is 0 Å². The number of unbranched alkanes of at least 4 members (excludes halogenated alkanes) is 1. The molecule has 2 aliphatic rings. The number of hydrogen-bond donors (Lipinski definition) is 1. The third-order valence-electron chi connectivity index (χ3n) is 4.95. The second-order valence-electron chi connectivity index (χ2n) is 6.42. The third kappa shape index (κ3) is 3.11. The predicted octanol–water partition coefficient (Wildman–Crippen LogP) is 1.81. The van der Waals surface area contributed by atoms with E-state index >= 15 is 0 Å². The summed E-state index contributed by atoms with van der Waals surface area (Å²) in [6, 6.07) is 0.0700. The van der Waals surface area contributed by atoms with Crippen LogP contribution in [-0.2, 0) is 4.79 Å². The largest absolute Gasteiger partial charge is 0.327 e. The molecule has 4 nitrogen and oxygen atoms in total. The smallest absolute Gasteiger partial charge is 0.240 e. The molecule has 19 heavy (non-hydrogen) atoms. The van der Waals surface area contributed by atoms with Crippen molar-refractivity contribution in [3.8, 4) is 0 Å². The summed E-state index contributed by atoms with van der Waals surface area (Å²) >= 11 is 0. The maximum absolute atomic E-state index is 12.4. The van der Waals surface area contributed by atoms with Gasteiger partial charge in [-0.2, -0.15) is 0 Å². The SMILES string of the molecule is CCCCC1NCN(CC2(N(C)C)CCCC2)C1=O. The van der Waals surface area contributed by atoms with Gasteiger partial charge in [0.2, 0.25) is 5.91 Å². The van der Waals surface area contributed by atoms with Gasteiger partial charge in [0.1, 0.15) is 0 Å². The molecule has 1 unspecified atom stereocenters. The highest BCUT2D eigenvalue weighted by molar-refractivity contribution is 5.83. The number of carbonyl (C=O) groups is 1. The van der Waals surface area contributed by atoms with Gasteiger partial charge in [0.25, 0.3) is 0 Å². The maximum Gasteiger partial charge on any atom is 0.240 e. The highest BCUT2D eigenvalue weighted by atomic mass is 16.2. The lowest BCUT2D eigenvalue weighted by Gasteiger charge is -2.39. The molecule has 1 amide bonds. The third-order valence-corrected chi connectivity index (χ3v) is 4.95. The van der Waals surface area contributed by atoms with Gasteiger partial charge in [-0.1, -0.05) is 32.6 Å². The number of nitrogens with zero attached hydrogens (tertiary/aromatic N) is 2. The molecule has 0 aromatic rings. The van der Waals surface area contributed by atoms with Crippen LogP contribution in [0, 0.1) is 0 Å². The Morgan fingerprint density at radius 2 is 2.05 bits per heavy atom. The lowest BCUT2D eigenvalue weighted by molar-refractivity contribution is -0.130. The van der Waals surface area contributed by atoms with Crippen molar-refractivity contribution >= 4 is 5.91 Å². The molecule has 0 radical (unpaired) electrons. The van der Waals surface area contributed by atoms with Gasteiger partial charge in [-0.25, -0.2) is 0 Å². The Morgan fingerprint density at radius 1 is 1.37 bits per heavy atom. The summed E-state index contributed by atoms with van der Waals surface area (Å²) < 4.78 is 0. The zero-order valence-electron chi connectivity index (χ0n) is 12.7. The molecule has 1 aliphatic carbocycles. The van der Waals surface area contributed by atoms with Gasteiger partial charge in [0.05, 0.1) is 12.7 Å². The van der Waals surface area contributed by atoms with E-state index in [0.29, 0.717) is 5.91 Å². The minimum absolute atomic E-state index is 0.0700. The summed E-state index contributed by atoms with van der Waals surface area (Å²) in [6.45, 7) is 3.81. The molecule has 1 N–H and O–H groups in total. The quantitative estimate of drug-likeness (QED) is 0.797. The predicted molar refractivity (Wildman–Crippen MR) is 77.9 cm³/mol. The van der Waals surface area contributed by atoms with Crippen LogP contribution >= 0.6 is 0 Å². The van der Waals surface area contributed by atoms with Crippen molar-refractivity contribution in [1.82, 2.24) is 15.1 Å². The summed E-state index contributed by atoms with van der Waals surface area (Å²) in [5, 5.41) is 3.38. The van der Waals surface area contributed by atoms with Crippen LogP contribution in [-0.4, -0.2) is 54.6 Å². The van der Waals surface area contributed by atoms with Gasteiger partial charge in [-0.3, -0.25) is 10.1 Å². The summed E-state index contributed by atoms with van der Waals surface area (Å²) in [5.41, 5.74) is 0.219. The zero-order chi connectivity index (χ0) is 13.9. The van der Waals surface area contributed by atoms with Gasteiger partial charge < -0.3 is 9.80 Å². The lowest BCUT2D eigenvalue weighted by atomic mass is 9.95. The highest BCUT2D eigenvalue weighted by Crippen LogP contribution is 2.35. The summed E-state index contributed by atoms with van der Waals surface area (Å²) in [4.78, 5) is 16.8. The van der Waals surface area contributed by atoms with Gasteiger partial charge in [-0.05, 0) is 33.4 Å². The van der Waals surface area contributed by atoms with E-state index in [9.17, 15) is 4.79 Å². The van der Waals surface area contributed by atoms with E-state index in [1.807, 2.05) is 4.90 Å². The van der Waals surface area contributed by atoms with E-state index in [0.717, 1.165) is 32.5 Å². The van der Waals surface area contributed by atoms with Crippen LogP contribution < -0.4 is 5.32 Å². The van der Waals surface area contributed by atoms with Crippen molar-refractivity contribution in [2.75, 3.05) is 27.3 Å². The molecule has 0 aromatic carbocycles. The molecule has 4 heteroatoms. The first-order chi connectivity index (χ1) is 9.09. The van der Waals surface area contributed by atoms with E-state index in [-0.39, 0.29) is 11.6 Å². The number of nitrogens with one attached hydrogen (secondary N) is 1. The van der Waals surface area contributed by atoms with E-state index in [1.54, 1.807) is 0 Å². The molecule has 2 rings (SSSR count). The van der Waals surface area contributed by atoms with E-state index in [4.69, 9.17) is 0 Å². The average Bonchev–Trinajstić information content (AvgIpc) is 2.98.